The second-order valence-electron chi connectivity index (χ2n) is 20.1. The van der Waals surface area contributed by atoms with Gasteiger partial charge >= 0.3 is 5.97 Å². The Kier molecular flexibility index (Phi) is 46.2. The molecule has 0 aromatic rings. The summed E-state index contributed by atoms with van der Waals surface area (Å²) in [6.45, 7) is 6.78. The molecule has 0 spiro atoms. The van der Waals surface area contributed by atoms with E-state index in [2.05, 4.69) is 56.5 Å². The molecule has 0 heterocycles. The highest BCUT2D eigenvalue weighted by atomic mass is 31.2. The maximum Gasteiger partial charge on any atom is 0.306 e. The minimum absolute atomic E-state index is 0.0306. The van der Waals surface area contributed by atoms with Crippen LogP contribution in [0.5, 0.6) is 0 Å². The molecular weight excluding hydrogens is 856 g/mol. The Morgan fingerprint density at radius 1 is 0.522 bits per heavy atom. The van der Waals surface area contributed by atoms with Crippen molar-refractivity contribution in [3.05, 3.63) is 48.6 Å². The number of esters is 1. The predicted molar refractivity (Wildman–Crippen MR) is 284 cm³/mol. The number of carbonyl (C=O) groups is 2. The molecule has 0 aliphatic carbocycles. The summed E-state index contributed by atoms with van der Waals surface area (Å²) < 4.78 is 30.1. The van der Waals surface area contributed by atoms with Gasteiger partial charge in [-0.1, -0.05) is 211 Å². The van der Waals surface area contributed by atoms with Crippen LogP contribution in [0.4, 0.5) is 0 Å². The fourth-order valence-corrected chi connectivity index (χ4v) is 8.59. The molecule has 10 heteroatoms. The lowest BCUT2D eigenvalue weighted by Gasteiger charge is -2.30. The number of amides is 1. The Morgan fingerprint density at radius 3 is 1.39 bits per heavy atom. The number of hydrogen-bond donors (Lipinski definition) is 1. The zero-order valence-corrected chi connectivity index (χ0v) is 45.5. The summed E-state index contributed by atoms with van der Waals surface area (Å²) in [6.07, 6.45) is 56.6. The first-order valence-corrected chi connectivity index (χ1v) is 29.4. The number of phosphoric acid groups is 1. The van der Waals surface area contributed by atoms with Crippen molar-refractivity contribution in [2.45, 2.75) is 264 Å². The molecule has 3 unspecified atom stereocenters. The molecule has 3 atom stereocenters. The number of carbonyl (C=O) groups excluding carboxylic acids is 2. The summed E-state index contributed by atoms with van der Waals surface area (Å²) in [7, 11) is 1.16. The van der Waals surface area contributed by atoms with Crippen molar-refractivity contribution in [3.63, 3.8) is 0 Å². The van der Waals surface area contributed by atoms with Gasteiger partial charge in [0.05, 0.1) is 33.8 Å². The molecule has 0 fully saturated rings. The number of phosphoric ester groups is 1. The van der Waals surface area contributed by atoms with Crippen LogP contribution in [0.25, 0.3) is 0 Å². The number of nitrogens with zero attached hydrogens (tertiary/aromatic N) is 1. The van der Waals surface area contributed by atoms with Crippen LogP contribution < -0.4 is 10.2 Å². The van der Waals surface area contributed by atoms with Crippen LogP contribution in [0, 0.1) is 0 Å². The lowest BCUT2D eigenvalue weighted by molar-refractivity contribution is -0.870. The topological polar surface area (TPSA) is 114 Å². The minimum atomic E-state index is -4.70. The zero-order valence-electron chi connectivity index (χ0n) is 44.6. The molecule has 0 rings (SSSR count). The van der Waals surface area contributed by atoms with E-state index in [1.54, 1.807) is 6.08 Å². The SMILES string of the molecule is CCCCCCCC/C=C\C/C=C/CCC(=O)OC(/C=C\CCCCCCCCCCC)C(COP(=O)([O-])OCC[N+](C)(C)C)NC(=O)CCCCCCCCC/C=C/CCCCCCCC. The highest BCUT2D eigenvalue weighted by molar-refractivity contribution is 7.45. The van der Waals surface area contributed by atoms with Crippen LogP contribution in [0.3, 0.4) is 0 Å². The molecule has 0 aromatic heterocycles. The van der Waals surface area contributed by atoms with Crippen LogP contribution in [0.1, 0.15) is 252 Å². The second-order valence-corrected chi connectivity index (χ2v) is 21.5. The minimum Gasteiger partial charge on any atom is -0.756 e. The Balaban J connectivity index is 5.39. The fourth-order valence-electron chi connectivity index (χ4n) is 7.86. The molecule has 0 saturated heterocycles. The number of rotatable bonds is 50. The molecule has 1 amide bonds. The average molecular weight is 963 g/mol. The Bertz CT molecular complexity index is 1290. The molecule has 0 aliphatic rings. The number of unbranched alkanes of at least 4 members (excludes halogenated alkanes) is 28. The summed E-state index contributed by atoms with van der Waals surface area (Å²) in [4.78, 5) is 39.7. The Hall–Kier alpha value is -2.03. The third-order valence-electron chi connectivity index (χ3n) is 12.2. The van der Waals surface area contributed by atoms with E-state index in [4.69, 9.17) is 13.8 Å². The third-order valence-corrected chi connectivity index (χ3v) is 13.2. The van der Waals surface area contributed by atoms with Gasteiger partial charge in [-0.3, -0.25) is 14.2 Å². The molecule has 0 aliphatic heterocycles. The Morgan fingerprint density at radius 2 is 0.925 bits per heavy atom. The first kappa shape index (κ1) is 65.0. The van der Waals surface area contributed by atoms with Gasteiger partial charge in [-0.15, -0.1) is 0 Å². The monoisotopic (exact) mass is 963 g/mol. The van der Waals surface area contributed by atoms with Crippen LogP contribution in [0.2, 0.25) is 0 Å². The van der Waals surface area contributed by atoms with Gasteiger partial charge in [0, 0.05) is 12.8 Å². The molecule has 1 N–H and O–H groups in total. The standard InChI is InChI=1S/C57H107N2O7P/c1-7-10-13-16-19-22-25-27-28-29-30-32-34-37-40-43-46-49-56(60)58-54(53-65-67(62,63)64-52-51-59(4,5)6)55(48-45-42-39-36-33-24-21-18-15-12-9-3)66-57(61)50-47-44-41-38-35-31-26-23-20-17-14-11-8-2/h27-28,31,35,41,44-45,48,54-55H,7-26,29-30,32-34,36-40,42-43,46-47,49-53H2,1-6H3,(H-,58,60,62,63)/b28-27+,35-31-,44-41+,48-45-. The van der Waals surface area contributed by atoms with Gasteiger partial charge < -0.3 is 28.5 Å². The van der Waals surface area contributed by atoms with Gasteiger partial charge in [0.2, 0.25) is 5.91 Å². The van der Waals surface area contributed by atoms with Crippen molar-refractivity contribution in [3.8, 4) is 0 Å². The molecule has 0 radical (unpaired) electrons. The number of quaternary nitrogens is 1. The van der Waals surface area contributed by atoms with Gasteiger partial charge in [0.25, 0.3) is 7.82 Å². The molecule has 9 nitrogen and oxygen atoms in total. The highest BCUT2D eigenvalue weighted by Crippen LogP contribution is 2.38. The van der Waals surface area contributed by atoms with Crippen LogP contribution in [0.15, 0.2) is 48.6 Å². The molecular formula is C57H107N2O7P. The number of ether oxygens (including phenoxy) is 1. The van der Waals surface area contributed by atoms with Gasteiger partial charge in [-0.25, -0.2) is 0 Å². The van der Waals surface area contributed by atoms with E-state index in [0.29, 0.717) is 23.9 Å². The van der Waals surface area contributed by atoms with E-state index in [1.807, 2.05) is 33.3 Å². The fraction of sp³-hybridized carbons (Fsp3) is 0.825. The number of likely N-dealkylation sites (N-methyl/N-ethyl adjacent to an activating group) is 1. The van der Waals surface area contributed by atoms with Crippen molar-refractivity contribution in [1.82, 2.24) is 5.32 Å². The Labute approximate surface area is 414 Å². The normalized spacial score (nSPS) is 14.2. The quantitative estimate of drug-likeness (QED) is 0.0212. The van der Waals surface area contributed by atoms with Crippen LogP contribution in [-0.4, -0.2) is 69.4 Å². The van der Waals surface area contributed by atoms with Crippen LogP contribution in [-0.2, 0) is 27.9 Å². The lowest BCUT2D eigenvalue weighted by Crippen LogP contribution is -2.47. The van der Waals surface area contributed by atoms with Gasteiger partial charge in [-0.05, 0) is 76.7 Å². The highest BCUT2D eigenvalue weighted by Gasteiger charge is 2.27. The summed E-state index contributed by atoms with van der Waals surface area (Å²) >= 11 is 0. The first-order valence-electron chi connectivity index (χ1n) is 27.9. The van der Waals surface area contributed by atoms with Gasteiger partial charge in [0.1, 0.15) is 19.3 Å². The molecule has 392 valence electrons. The molecule has 0 saturated carbocycles. The van der Waals surface area contributed by atoms with E-state index in [1.165, 1.54) is 148 Å². The van der Waals surface area contributed by atoms with Crippen molar-refractivity contribution >= 4 is 19.7 Å². The number of hydrogen-bond acceptors (Lipinski definition) is 7. The number of nitrogens with one attached hydrogen (secondary N) is 1. The summed E-state index contributed by atoms with van der Waals surface area (Å²) in [5.74, 6) is -0.622. The van der Waals surface area contributed by atoms with E-state index < -0.39 is 32.5 Å². The van der Waals surface area contributed by atoms with E-state index in [9.17, 15) is 19.0 Å². The smallest absolute Gasteiger partial charge is 0.306 e. The average Bonchev–Trinajstić information content (AvgIpc) is 3.28. The molecule has 67 heavy (non-hydrogen) atoms. The van der Waals surface area contributed by atoms with E-state index in [0.717, 1.165) is 64.2 Å². The van der Waals surface area contributed by atoms with Crippen molar-refractivity contribution in [2.24, 2.45) is 0 Å². The van der Waals surface area contributed by atoms with E-state index >= 15 is 0 Å². The van der Waals surface area contributed by atoms with Crippen molar-refractivity contribution < 1.29 is 37.3 Å². The number of allylic oxidation sites excluding steroid dienone is 7. The maximum absolute atomic E-state index is 13.4. The summed E-state index contributed by atoms with van der Waals surface area (Å²) in [5.41, 5.74) is 0. The maximum atomic E-state index is 13.4. The van der Waals surface area contributed by atoms with Crippen molar-refractivity contribution in [2.75, 3.05) is 40.9 Å². The van der Waals surface area contributed by atoms with Crippen molar-refractivity contribution in [1.29, 1.82) is 0 Å². The first-order chi connectivity index (χ1) is 32.4. The second kappa shape index (κ2) is 47.6. The van der Waals surface area contributed by atoms with E-state index in [-0.39, 0.29) is 18.9 Å². The molecule has 0 bridgehead atoms. The zero-order chi connectivity index (χ0) is 49.4. The van der Waals surface area contributed by atoms with Crippen LogP contribution >= 0.6 is 7.82 Å². The third kappa shape index (κ3) is 48.8. The predicted octanol–water partition coefficient (Wildman–Crippen LogP) is 15.9. The van der Waals surface area contributed by atoms with Gasteiger partial charge in [-0.2, -0.15) is 0 Å². The largest absolute Gasteiger partial charge is 0.756 e. The lowest BCUT2D eigenvalue weighted by atomic mass is 10.1. The molecule has 0 aromatic carbocycles. The summed E-state index contributed by atoms with van der Waals surface area (Å²) in [5, 5.41) is 3.00. The summed E-state index contributed by atoms with van der Waals surface area (Å²) in [6, 6.07) is -0.910. The van der Waals surface area contributed by atoms with Gasteiger partial charge in [0.15, 0.2) is 0 Å².